The Bertz CT molecular complexity index is 1130. The molecule has 0 aliphatic rings. The van der Waals surface area contributed by atoms with Crippen LogP contribution in [0.2, 0.25) is 10.0 Å². The number of benzene rings is 3. The van der Waals surface area contributed by atoms with Gasteiger partial charge in [0.15, 0.2) is 0 Å². The molecular weight excluding hydrogens is 431 g/mol. The van der Waals surface area contributed by atoms with Crippen LogP contribution in [-0.2, 0) is 11.3 Å². The summed E-state index contributed by atoms with van der Waals surface area (Å²) in [4.78, 5) is 16.9. The molecule has 0 spiro atoms. The van der Waals surface area contributed by atoms with Gasteiger partial charge in [-0.2, -0.15) is 0 Å². The third-order valence-corrected chi connectivity index (χ3v) is 5.04. The molecule has 4 aromatic rings. The standard InChI is InChI=1S/C22H16Cl2N2O2.ClH/c23-18-7-8-19(20(24)12-18)21(13-26-10-9-25-14-26)28-22(27)17-6-5-15-3-1-2-4-16(15)11-17;/h1-12,14,21H,13H2;1H. The first kappa shape index (κ1) is 21.2. The molecule has 0 amide bonds. The number of aromatic nitrogens is 2. The van der Waals surface area contributed by atoms with E-state index in [1.165, 1.54) is 0 Å². The Balaban J connectivity index is 0.00000240. The van der Waals surface area contributed by atoms with Crippen LogP contribution in [0.5, 0.6) is 0 Å². The SMILES string of the molecule is Cl.O=C(OC(Cn1ccnc1)c1ccc(Cl)cc1Cl)c1ccc2ccccc2c1. The van der Waals surface area contributed by atoms with Crippen molar-refractivity contribution in [3.63, 3.8) is 0 Å². The first-order chi connectivity index (χ1) is 13.6. The summed E-state index contributed by atoms with van der Waals surface area (Å²) in [5, 5.41) is 3.02. The van der Waals surface area contributed by atoms with Crippen molar-refractivity contribution in [3.8, 4) is 0 Å². The van der Waals surface area contributed by atoms with E-state index in [0.717, 1.165) is 10.8 Å². The molecule has 0 radical (unpaired) electrons. The van der Waals surface area contributed by atoms with Gasteiger partial charge in [-0.15, -0.1) is 12.4 Å². The van der Waals surface area contributed by atoms with Gasteiger partial charge < -0.3 is 9.30 Å². The predicted octanol–water partition coefficient (Wildman–Crippen LogP) is 6.36. The van der Waals surface area contributed by atoms with Gasteiger partial charge in [-0.05, 0) is 35.0 Å². The fourth-order valence-electron chi connectivity index (χ4n) is 3.06. The third kappa shape index (κ3) is 4.91. The van der Waals surface area contributed by atoms with Crippen LogP contribution < -0.4 is 0 Å². The summed E-state index contributed by atoms with van der Waals surface area (Å²) < 4.78 is 7.69. The number of fused-ring (bicyclic) bond motifs is 1. The van der Waals surface area contributed by atoms with Crippen LogP contribution in [0.1, 0.15) is 22.0 Å². The minimum Gasteiger partial charge on any atom is -0.452 e. The zero-order chi connectivity index (χ0) is 19.5. The largest absolute Gasteiger partial charge is 0.452 e. The molecule has 1 unspecified atom stereocenters. The zero-order valence-corrected chi connectivity index (χ0v) is 17.5. The van der Waals surface area contributed by atoms with Crippen molar-refractivity contribution in [2.24, 2.45) is 0 Å². The molecule has 29 heavy (non-hydrogen) atoms. The number of hydrogen-bond donors (Lipinski definition) is 0. The molecule has 0 fully saturated rings. The van der Waals surface area contributed by atoms with Crippen molar-refractivity contribution in [3.05, 3.63) is 101 Å². The van der Waals surface area contributed by atoms with E-state index in [2.05, 4.69) is 4.98 Å². The summed E-state index contributed by atoms with van der Waals surface area (Å²) in [7, 11) is 0. The monoisotopic (exact) mass is 446 g/mol. The molecule has 3 aromatic carbocycles. The van der Waals surface area contributed by atoms with Crippen LogP contribution in [0.3, 0.4) is 0 Å². The molecular formula is C22H17Cl3N2O2. The van der Waals surface area contributed by atoms with E-state index in [0.29, 0.717) is 27.7 Å². The zero-order valence-electron chi connectivity index (χ0n) is 15.2. The summed E-state index contributed by atoms with van der Waals surface area (Å²) in [5.74, 6) is -0.415. The normalized spacial score (nSPS) is 11.7. The number of rotatable bonds is 5. The Morgan fingerprint density at radius 2 is 1.83 bits per heavy atom. The first-order valence-electron chi connectivity index (χ1n) is 8.70. The second-order valence-corrected chi connectivity index (χ2v) is 7.22. The Morgan fingerprint density at radius 1 is 1.03 bits per heavy atom. The highest BCUT2D eigenvalue weighted by Crippen LogP contribution is 2.30. The lowest BCUT2D eigenvalue weighted by atomic mass is 10.1. The van der Waals surface area contributed by atoms with Gasteiger partial charge in [0.1, 0.15) is 6.10 Å². The maximum Gasteiger partial charge on any atom is 0.338 e. The smallest absolute Gasteiger partial charge is 0.338 e. The molecule has 0 aliphatic heterocycles. The molecule has 0 bridgehead atoms. The van der Waals surface area contributed by atoms with Crippen LogP contribution >= 0.6 is 35.6 Å². The quantitative estimate of drug-likeness (QED) is 0.334. The van der Waals surface area contributed by atoms with E-state index in [-0.39, 0.29) is 12.4 Å². The van der Waals surface area contributed by atoms with Gasteiger partial charge in [-0.25, -0.2) is 9.78 Å². The van der Waals surface area contributed by atoms with Crippen LogP contribution in [0.15, 0.2) is 79.4 Å². The van der Waals surface area contributed by atoms with Crippen molar-refractivity contribution in [2.75, 3.05) is 0 Å². The van der Waals surface area contributed by atoms with E-state index in [1.807, 2.05) is 41.0 Å². The number of ether oxygens (including phenoxy) is 1. The maximum atomic E-state index is 12.9. The van der Waals surface area contributed by atoms with E-state index < -0.39 is 12.1 Å². The maximum absolute atomic E-state index is 12.9. The lowest BCUT2D eigenvalue weighted by Crippen LogP contribution is -2.17. The van der Waals surface area contributed by atoms with Crippen LogP contribution in [0.4, 0.5) is 0 Å². The average Bonchev–Trinajstić information content (AvgIpc) is 3.20. The predicted molar refractivity (Wildman–Crippen MR) is 118 cm³/mol. The van der Waals surface area contributed by atoms with Crippen LogP contribution in [0.25, 0.3) is 10.8 Å². The van der Waals surface area contributed by atoms with Crippen LogP contribution in [-0.4, -0.2) is 15.5 Å². The lowest BCUT2D eigenvalue weighted by Gasteiger charge is -2.20. The molecule has 4 nitrogen and oxygen atoms in total. The fourth-order valence-corrected chi connectivity index (χ4v) is 3.59. The molecule has 0 saturated heterocycles. The highest BCUT2D eigenvalue weighted by molar-refractivity contribution is 6.35. The Morgan fingerprint density at radius 3 is 2.55 bits per heavy atom. The second-order valence-electron chi connectivity index (χ2n) is 6.38. The van der Waals surface area contributed by atoms with Crippen molar-refractivity contribution in [2.45, 2.75) is 12.6 Å². The van der Waals surface area contributed by atoms with E-state index in [9.17, 15) is 4.79 Å². The van der Waals surface area contributed by atoms with Gasteiger partial charge in [0.2, 0.25) is 0 Å². The highest BCUT2D eigenvalue weighted by atomic mass is 35.5. The summed E-state index contributed by atoms with van der Waals surface area (Å²) in [6.07, 6.45) is 4.56. The summed E-state index contributed by atoms with van der Waals surface area (Å²) in [6.45, 7) is 0.390. The minimum atomic E-state index is -0.585. The summed E-state index contributed by atoms with van der Waals surface area (Å²) in [5.41, 5.74) is 1.17. The van der Waals surface area contributed by atoms with Crippen molar-refractivity contribution in [1.82, 2.24) is 9.55 Å². The van der Waals surface area contributed by atoms with E-state index >= 15 is 0 Å². The fraction of sp³-hybridized carbons (Fsp3) is 0.0909. The van der Waals surface area contributed by atoms with Crippen LogP contribution in [0, 0.1) is 0 Å². The van der Waals surface area contributed by atoms with Gasteiger partial charge in [0.25, 0.3) is 0 Å². The molecule has 148 valence electrons. The second kappa shape index (κ2) is 9.31. The number of carbonyl (C=O) groups excluding carboxylic acids is 1. The molecule has 1 aromatic heterocycles. The Hall–Kier alpha value is -2.53. The topological polar surface area (TPSA) is 44.1 Å². The Labute approximate surface area is 184 Å². The lowest BCUT2D eigenvalue weighted by molar-refractivity contribution is 0.0255. The molecule has 1 heterocycles. The molecule has 7 heteroatoms. The number of imidazole rings is 1. The van der Waals surface area contributed by atoms with E-state index in [4.69, 9.17) is 27.9 Å². The Kier molecular flexibility index (Phi) is 6.80. The molecule has 1 atom stereocenters. The molecule has 4 rings (SSSR count). The minimum absolute atomic E-state index is 0. The molecule has 0 saturated carbocycles. The number of esters is 1. The molecule has 0 N–H and O–H groups in total. The number of nitrogens with zero attached hydrogens (tertiary/aromatic N) is 2. The number of halogens is 3. The van der Waals surface area contributed by atoms with Gasteiger partial charge in [0.05, 0.1) is 18.4 Å². The highest BCUT2D eigenvalue weighted by Gasteiger charge is 2.21. The van der Waals surface area contributed by atoms with Gasteiger partial charge in [-0.1, -0.05) is 59.6 Å². The van der Waals surface area contributed by atoms with Gasteiger partial charge in [0, 0.05) is 28.0 Å². The van der Waals surface area contributed by atoms with Crippen molar-refractivity contribution < 1.29 is 9.53 Å². The average molecular weight is 448 g/mol. The summed E-state index contributed by atoms with van der Waals surface area (Å²) >= 11 is 12.4. The number of hydrogen-bond acceptors (Lipinski definition) is 3. The van der Waals surface area contributed by atoms with E-state index in [1.54, 1.807) is 43.0 Å². The summed E-state index contributed by atoms with van der Waals surface area (Å²) in [6, 6.07) is 18.5. The molecule has 0 aliphatic carbocycles. The first-order valence-corrected chi connectivity index (χ1v) is 9.46. The van der Waals surface area contributed by atoms with Gasteiger partial charge in [-0.3, -0.25) is 0 Å². The van der Waals surface area contributed by atoms with Crippen molar-refractivity contribution in [1.29, 1.82) is 0 Å². The van der Waals surface area contributed by atoms with Crippen molar-refractivity contribution >= 4 is 52.4 Å². The third-order valence-electron chi connectivity index (χ3n) is 4.48. The van der Waals surface area contributed by atoms with Gasteiger partial charge >= 0.3 is 5.97 Å². The number of carbonyl (C=O) groups is 1.